The van der Waals surface area contributed by atoms with Crippen LogP contribution in [-0.2, 0) is 22.7 Å². The zero-order chi connectivity index (χ0) is 21.8. The fraction of sp³-hybridized carbons (Fsp3) is 0.231. The molecule has 0 saturated heterocycles. The van der Waals surface area contributed by atoms with E-state index < -0.39 is 4.75 Å². The summed E-state index contributed by atoms with van der Waals surface area (Å²) in [6.07, 6.45) is 0. The summed E-state index contributed by atoms with van der Waals surface area (Å²) in [5.74, 6) is -0.321. The number of rotatable bonds is 6. The van der Waals surface area contributed by atoms with Crippen molar-refractivity contribution < 1.29 is 9.59 Å². The van der Waals surface area contributed by atoms with Crippen LogP contribution in [0.2, 0.25) is 0 Å². The third-order valence-corrected chi connectivity index (χ3v) is 6.89. The molecule has 0 aliphatic carbocycles. The van der Waals surface area contributed by atoms with Gasteiger partial charge in [0.1, 0.15) is 0 Å². The van der Waals surface area contributed by atoms with Crippen LogP contribution in [0.5, 0.6) is 0 Å². The summed E-state index contributed by atoms with van der Waals surface area (Å²) in [5.41, 5.74) is 2.95. The highest BCUT2D eigenvalue weighted by Crippen LogP contribution is 2.46. The van der Waals surface area contributed by atoms with E-state index in [0.29, 0.717) is 19.6 Å². The van der Waals surface area contributed by atoms with E-state index >= 15 is 0 Å². The number of thioether (sulfide) groups is 1. The van der Waals surface area contributed by atoms with Crippen LogP contribution in [0.4, 0.5) is 5.69 Å². The van der Waals surface area contributed by atoms with Gasteiger partial charge in [-0.15, -0.1) is 0 Å². The Morgan fingerprint density at radius 1 is 0.871 bits per heavy atom. The first kappa shape index (κ1) is 21.2. The van der Waals surface area contributed by atoms with Gasteiger partial charge in [0.05, 0.1) is 5.69 Å². The zero-order valence-corrected chi connectivity index (χ0v) is 18.6. The number of para-hydroxylation sites is 1. The summed E-state index contributed by atoms with van der Waals surface area (Å²) in [4.78, 5) is 32.0. The van der Waals surface area contributed by atoms with E-state index in [2.05, 4.69) is 0 Å². The first-order valence-electron chi connectivity index (χ1n) is 10.5. The molecule has 0 radical (unpaired) electrons. The molecule has 5 heteroatoms. The maximum atomic E-state index is 14.0. The predicted molar refractivity (Wildman–Crippen MR) is 126 cm³/mol. The number of carbonyl (C=O) groups is 2. The second-order valence-electron chi connectivity index (χ2n) is 7.78. The lowest BCUT2D eigenvalue weighted by Crippen LogP contribution is -2.57. The molecule has 3 aromatic rings. The largest absolute Gasteiger partial charge is 0.332 e. The van der Waals surface area contributed by atoms with Crippen molar-refractivity contribution in [2.75, 3.05) is 11.4 Å². The summed E-state index contributed by atoms with van der Waals surface area (Å²) in [6, 6.07) is 27.7. The first-order valence-corrected chi connectivity index (χ1v) is 11.3. The van der Waals surface area contributed by atoms with E-state index in [9.17, 15) is 9.59 Å². The van der Waals surface area contributed by atoms with E-state index in [4.69, 9.17) is 0 Å². The van der Waals surface area contributed by atoms with Crippen molar-refractivity contribution in [1.82, 2.24) is 4.90 Å². The number of carbonyl (C=O) groups excluding carboxylic acids is 2. The number of hydrogen-bond acceptors (Lipinski definition) is 3. The summed E-state index contributed by atoms with van der Waals surface area (Å²) < 4.78 is -1.21. The van der Waals surface area contributed by atoms with Crippen molar-refractivity contribution in [2.24, 2.45) is 0 Å². The lowest BCUT2D eigenvalue weighted by molar-refractivity contribution is -0.139. The lowest BCUT2D eigenvalue weighted by Gasteiger charge is -2.41. The minimum Gasteiger partial charge on any atom is -0.332 e. The topological polar surface area (TPSA) is 40.6 Å². The Labute approximate surface area is 187 Å². The van der Waals surface area contributed by atoms with Crippen molar-refractivity contribution >= 4 is 29.3 Å². The molecule has 0 N–H and O–H groups in total. The van der Waals surface area contributed by atoms with Gasteiger partial charge in [-0.3, -0.25) is 9.59 Å². The molecule has 4 nitrogen and oxygen atoms in total. The number of nitrogens with zero attached hydrogens (tertiary/aromatic N) is 2. The van der Waals surface area contributed by atoms with Gasteiger partial charge < -0.3 is 9.80 Å². The maximum Gasteiger partial charge on any atom is 0.252 e. The Bertz CT molecular complexity index is 1030. The minimum absolute atomic E-state index is 0.158. The lowest BCUT2D eigenvalue weighted by atomic mass is 10.0. The van der Waals surface area contributed by atoms with E-state index in [0.717, 1.165) is 21.7 Å². The summed E-state index contributed by atoms with van der Waals surface area (Å²) in [6.45, 7) is 5.14. The maximum absolute atomic E-state index is 14.0. The van der Waals surface area contributed by atoms with Crippen LogP contribution in [0.3, 0.4) is 0 Å². The van der Waals surface area contributed by atoms with Gasteiger partial charge in [-0.25, -0.2) is 0 Å². The normalized spacial score (nSPS) is 17.9. The predicted octanol–water partition coefficient (Wildman–Crippen LogP) is 5.13. The molecule has 2 amide bonds. The number of fused-ring (bicyclic) bond motifs is 1. The van der Waals surface area contributed by atoms with Gasteiger partial charge >= 0.3 is 0 Å². The number of benzene rings is 3. The number of hydrogen-bond donors (Lipinski definition) is 0. The first-order chi connectivity index (χ1) is 15.0. The summed E-state index contributed by atoms with van der Waals surface area (Å²) >= 11 is 1.36. The minimum atomic E-state index is -1.21. The van der Waals surface area contributed by atoms with Crippen LogP contribution in [0.1, 0.15) is 25.0 Å². The van der Waals surface area contributed by atoms with Gasteiger partial charge in [-0.05, 0) is 37.1 Å². The molecule has 0 spiro atoms. The molecule has 0 saturated carbocycles. The van der Waals surface area contributed by atoms with E-state index in [-0.39, 0.29) is 11.8 Å². The molecule has 1 unspecified atom stereocenters. The SMILES string of the molecule is CCN1C(=O)C(C)(C(=O)N(Cc2ccccc2)Cc2ccccc2)Sc2ccccc21. The van der Waals surface area contributed by atoms with Crippen LogP contribution in [-0.4, -0.2) is 28.0 Å². The average molecular weight is 431 g/mol. The van der Waals surface area contributed by atoms with Crippen molar-refractivity contribution in [1.29, 1.82) is 0 Å². The summed E-state index contributed by atoms with van der Waals surface area (Å²) in [7, 11) is 0. The van der Waals surface area contributed by atoms with Crippen molar-refractivity contribution in [3.63, 3.8) is 0 Å². The third-order valence-electron chi connectivity index (χ3n) is 5.57. The number of anilines is 1. The smallest absolute Gasteiger partial charge is 0.252 e. The Morgan fingerprint density at radius 2 is 1.39 bits per heavy atom. The van der Waals surface area contributed by atoms with Crippen LogP contribution >= 0.6 is 11.8 Å². The molecular formula is C26H26N2O2S. The standard InChI is InChI=1S/C26H26N2O2S/c1-3-28-22-16-10-11-17-23(22)31-26(2,25(28)30)24(29)27(18-20-12-6-4-7-13-20)19-21-14-8-5-9-15-21/h4-17H,3,18-19H2,1-2H3. The molecular weight excluding hydrogens is 404 g/mol. The van der Waals surface area contributed by atoms with Gasteiger partial charge in [-0.1, -0.05) is 84.6 Å². The average Bonchev–Trinajstić information content (AvgIpc) is 2.80. The molecule has 1 atom stereocenters. The Balaban J connectivity index is 1.70. The quantitative estimate of drug-likeness (QED) is 0.509. The van der Waals surface area contributed by atoms with E-state index in [1.807, 2.05) is 91.9 Å². The van der Waals surface area contributed by atoms with Crippen LogP contribution < -0.4 is 4.90 Å². The van der Waals surface area contributed by atoms with Crippen LogP contribution in [0.25, 0.3) is 0 Å². The summed E-state index contributed by atoms with van der Waals surface area (Å²) in [5, 5.41) is 0. The fourth-order valence-electron chi connectivity index (χ4n) is 3.95. The second-order valence-corrected chi connectivity index (χ2v) is 9.25. The third kappa shape index (κ3) is 4.23. The monoisotopic (exact) mass is 430 g/mol. The molecule has 158 valence electrons. The molecule has 0 fully saturated rings. The van der Waals surface area contributed by atoms with Gasteiger partial charge in [0, 0.05) is 24.5 Å². The Morgan fingerprint density at radius 3 is 1.94 bits per heavy atom. The van der Waals surface area contributed by atoms with E-state index in [1.165, 1.54) is 11.8 Å². The van der Waals surface area contributed by atoms with Crippen molar-refractivity contribution in [3.05, 3.63) is 96.1 Å². The molecule has 0 bridgehead atoms. The molecule has 1 aliphatic rings. The second kappa shape index (κ2) is 8.98. The molecule has 1 aliphatic heterocycles. The molecule has 3 aromatic carbocycles. The van der Waals surface area contributed by atoms with Gasteiger partial charge in [0.2, 0.25) is 5.91 Å². The Hall–Kier alpha value is -3.05. The Kier molecular flexibility index (Phi) is 6.14. The van der Waals surface area contributed by atoms with Gasteiger partial charge in [-0.2, -0.15) is 0 Å². The zero-order valence-electron chi connectivity index (χ0n) is 17.8. The van der Waals surface area contributed by atoms with Crippen molar-refractivity contribution in [3.8, 4) is 0 Å². The molecule has 0 aromatic heterocycles. The van der Waals surface area contributed by atoms with Crippen LogP contribution in [0, 0.1) is 0 Å². The fourth-order valence-corrected chi connectivity index (χ4v) is 5.24. The van der Waals surface area contributed by atoms with Gasteiger partial charge in [0.25, 0.3) is 5.91 Å². The molecule has 31 heavy (non-hydrogen) atoms. The molecule has 4 rings (SSSR count). The van der Waals surface area contributed by atoms with E-state index in [1.54, 1.807) is 16.7 Å². The highest BCUT2D eigenvalue weighted by Gasteiger charge is 2.50. The van der Waals surface area contributed by atoms with Crippen molar-refractivity contribution in [2.45, 2.75) is 36.6 Å². The number of amides is 2. The highest BCUT2D eigenvalue weighted by molar-refractivity contribution is 8.02. The highest BCUT2D eigenvalue weighted by atomic mass is 32.2. The van der Waals surface area contributed by atoms with Crippen LogP contribution in [0.15, 0.2) is 89.8 Å². The van der Waals surface area contributed by atoms with Gasteiger partial charge in [0.15, 0.2) is 4.75 Å². The molecule has 1 heterocycles.